The molecule has 0 bridgehead atoms. The highest BCUT2D eigenvalue weighted by Crippen LogP contribution is 2.40. The molecule has 1 heterocycles. The van der Waals surface area contributed by atoms with Crippen LogP contribution in [0.5, 0.6) is 5.75 Å². The largest absolute Gasteiger partial charge is 0.507 e. The van der Waals surface area contributed by atoms with E-state index in [9.17, 15) is 14.7 Å². The summed E-state index contributed by atoms with van der Waals surface area (Å²) >= 11 is 0. The Kier molecular flexibility index (Phi) is 8.15. The third kappa shape index (κ3) is 5.68. The van der Waals surface area contributed by atoms with Gasteiger partial charge in [0.05, 0.1) is 18.2 Å². The van der Waals surface area contributed by atoms with Crippen LogP contribution in [-0.2, 0) is 9.59 Å². The molecule has 1 aliphatic heterocycles. The van der Waals surface area contributed by atoms with Gasteiger partial charge in [0.2, 0.25) is 0 Å². The molecule has 3 rings (SSSR count). The van der Waals surface area contributed by atoms with Gasteiger partial charge in [-0.1, -0.05) is 64.1 Å². The number of hydrogen-bond donors (Lipinski definition) is 1. The average Bonchev–Trinajstić information content (AvgIpc) is 3.06. The van der Waals surface area contributed by atoms with Crippen molar-refractivity contribution >= 4 is 17.4 Å². The van der Waals surface area contributed by atoms with Crippen LogP contribution in [0.25, 0.3) is 5.76 Å². The van der Waals surface area contributed by atoms with Crippen LogP contribution in [0, 0.1) is 5.92 Å². The van der Waals surface area contributed by atoms with E-state index in [1.165, 1.54) is 5.56 Å². The van der Waals surface area contributed by atoms with E-state index in [0.717, 1.165) is 5.56 Å². The first kappa shape index (κ1) is 25.5. The predicted octanol–water partition coefficient (Wildman–Crippen LogP) is 4.83. The smallest absolute Gasteiger partial charge is 0.295 e. The van der Waals surface area contributed by atoms with Gasteiger partial charge in [-0.15, -0.1) is 0 Å². The Labute approximate surface area is 202 Å². The molecule has 1 aliphatic rings. The number of ketones is 1. The molecular formula is C28H36N2O4. The second kappa shape index (κ2) is 10.9. The molecule has 1 N–H and O–H groups in total. The van der Waals surface area contributed by atoms with Crippen LogP contribution in [0.15, 0.2) is 54.1 Å². The summed E-state index contributed by atoms with van der Waals surface area (Å²) in [5, 5.41) is 11.3. The van der Waals surface area contributed by atoms with Crippen LogP contribution in [-0.4, -0.2) is 60.4 Å². The van der Waals surface area contributed by atoms with Crippen molar-refractivity contribution in [3.05, 3.63) is 70.8 Å². The Morgan fingerprint density at radius 3 is 2.32 bits per heavy atom. The van der Waals surface area contributed by atoms with Gasteiger partial charge in [-0.2, -0.15) is 0 Å². The number of likely N-dealkylation sites (tertiary alicyclic amines) is 1. The lowest BCUT2D eigenvalue weighted by molar-refractivity contribution is -0.140. The van der Waals surface area contributed by atoms with E-state index < -0.39 is 17.7 Å². The number of likely N-dealkylation sites (N-methyl/N-ethyl adjacent to an activating group) is 1. The molecule has 1 amide bonds. The summed E-state index contributed by atoms with van der Waals surface area (Å²) in [6.07, 6.45) is 0. The second-order valence-corrected chi connectivity index (χ2v) is 9.85. The van der Waals surface area contributed by atoms with Crippen LogP contribution in [0.3, 0.4) is 0 Å². The molecule has 0 aliphatic carbocycles. The summed E-state index contributed by atoms with van der Waals surface area (Å²) in [5.74, 6) is -0.108. The molecule has 0 aromatic heterocycles. The standard InChI is InChI=1S/C28H36N2O4/c1-18(2)17-34-23-9-7-8-22(16-23)26(31)24-25(21-12-10-20(11-13-21)19(3)4)30(15-14-29(5)6)28(33)27(24)32/h7-13,16,18-19,25,31H,14-15,17H2,1-6H3/b26-24-. The van der Waals surface area contributed by atoms with E-state index in [0.29, 0.717) is 42.8 Å². The number of nitrogens with zero attached hydrogens (tertiary/aromatic N) is 2. The molecule has 2 aromatic carbocycles. The van der Waals surface area contributed by atoms with Gasteiger partial charge in [0.15, 0.2) is 0 Å². The number of hydrogen-bond acceptors (Lipinski definition) is 5. The lowest BCUT2D eigenvalue weighted by Gasteiger charge is -2.27. The number of aliphatic hydroxyl groups excluding tert-OH is 1. The molecule has 6 nitrogen and oxygen atoms in total. The SMILES string of the molecule is CC(C)COc1cccc(/C(O)=C2/C(=O)C(=O)N(CCN(C)C)C2c2ccc(C(C)C)cc2)c1. The molecule has 1 fully saturated rings. The van der Waals surface area contributed by atoms with Gasteiger partial charge < -0.3 is 19.6 Å². The topological polar surface area (TPSA) is 70.1 Å². The van der Waals surface area contributed by atoms with Gasteiger partial charge in [0, 0.05) is 18.7 Å². The molecule has 1 unspecified atom stereocenters. The molecule has 1 saturated heterocycles. The fourth-order valence-corrected chi connectivity index (χ4v) is 3.98. The van der Waals surface area contributed by atoms with Crippen molar-refractivity contribution in [3.8, 4) is 5.75 Å². The zero-order valence-electron chi connectivity index (χ0n) is 21.0. The zero-order valence-corrected chi connectivity index (χ0v) is 21.0. The average molecular weight is 465 g/mol. The maximum Gasteiger partial charge on any atom is 0.295 e. The van der Waals surface area contributed by atoms with Gasteiger partial charge in [-0.25, -0.2) is 0 Å². The van der Waals surface area contributed by atoms with Crippen molar-refractivity contribution in [1.82, 2.24) is 9.80 Å². The number of carbonyl (C=O) groups excluding carboxylic acids is 2. The summed E-state index contributed by atoms with van der Waals surface area (Å²) in [6, 6.07) is 14.3. The van der Waals surface area contributed by atoms with Crippen molar-refractivity contribution < 1.29 is 19.4 Å². The number of Topliss-reactive ketones (excluding diaryl/α,β-unsaturated/α-hetero) is 1. The molecule has 34 heavy (non-hydrogen) atoms. The fourth-order valence-electron chi connectivity index (χ4n) is 3.98. The predicted molar refractivity (Wildman–Crippen MR) is 135 cm³/mol. The van der Waals surface area contributed by atoms with Gasteiger partial charge >= 0.3 is 0 Å². The lowest BCUT2D eigenvalue weighted by atomic mass is 9.93. The quantitative estimate of drug-likeness (QED) is 0.327. The van der Waals surface area contributed by atoms with Crippen LogP contribution in [0.1, 0.15) is 56.3 Å². The fraction of sp³-hybridized carbons (Fsp3) is 0.429. The summed E-state index contributed by atoms with van der Waals surface area (Å²) < 4.78 is 5.80. The van der Waals surface area contributed by atoms with Crippen LogP contribution < -0.4 is 4.74 Å². The molecule has 6 heteroatoms. The van der Waals surface area contributed by atoms with Crippen LogP contribution >= 0.6 is 0 Å². The zero-order chi connectivity index (χ0) is 25.0. The van der Waals surface area contributed by atoms with Crippen molar-refractivity contribution in [2.75, 3.05) is 33.8 Å². The normalized spacial score (nSPS) is 17.9. The van der Waals surface area contributed by atoms with E-state index in [-0.39, 0.29) is 11.3 Å². The Morgan fingerprint density at radius 1 is 1.06 bits per heavy atom. The lowest BCUT2D eigenvalue weighted by Crippen LogP contribution is -2.35. The van der Waals surface area contributed by atoms with E-state index in [1.807, 2.05) is 49.3 Å². The van der Waals surface area contributed by atoms with Crippen LogP contribution in [0.4, 0.5) is 0 Å². The minimum absolute atomic E-state index is 0.113. The minimum Gasteiger partial charge on any atom is -0.507 e. The van der Waals surface area contributed by atoms with E-state index in [2.05, 4.69) is 27.7 Å². The molecule has 0 saturated carbocycles. The van der Waals surface area contributed by atoms with Crippen LogP contribution in [0.2, 0.25) is 0 Å². The Bertz CT molecular complexity index is 1050. The molecule has 0 radical (unpaired) electrons. The number of ether oxygens (including phenoxy) is 1. The molecule has 182 valence electrons. The van der Waals surface area contributed by atoms with E-state index >= 15 is 0 Å². The Morgan fingerprint density at radius 2 is 1.74 bits per heavy atom. The number of amides is 1. The van der Waals surface area contributed by atoms with E-state index in [4.69, 9.17) is 4.74 Å². The monoisotopic (exact) mass is 464 g/mol. The van der Waals surface area contributed by atoms with Gasteiger partial charge in [0.25, 0.3) is 11.7 Å². The molecular weight excluding hydrogens is 428 g/mol. The number of aliphatic hydroxyl groups is 1. The summed E-state index contributed by atoms with van der Waals surface area (Å²) in [5.41, 5.74) is 2.54. The van der Waals surface area contributed by atoms with Gasteiger partial charge in [-0.3, -0.25) is 9.59 Å². The molecule has 1 atom stereocenters. The molecule has 2 aromatic rings. The summed E-state index contributed by atoms with van der Waals surface area (Å²) in [6.45, 7) is 9.88. The first-order valence-corrected chi connectivity index (χ1v) is 11.9. The van der Waals surface area contributed by atoms with Gasteiger partial charge in [-0.05, 0) is 49.2 Å². The number of carbonyl (C=O) groups is 2. The van der Waals surface area contributed by atoms with Crippen molar-refractivity contribution in [3.63, 3.8) is 0 Å². The Balaban J connectivity index is 2.08. The maximum atomic E-state index is 13.2. The highest BCUT2D eigenvalue weighted by atomic mass is 16.5. The highest BCUT2D eigenvalue weighted by molar-refractivity contribution is 6.46. The van der Waals surface area contributed by atoms with Crippen molar-refractivity contribution in [2.45, 2.75) is 39.7 Å². The summed E-state index contributed by atoms with van der Waals surface area (Å²) in [7, 11) is 3.84. The van der Waals surface area contributed by atoms with Crippen molar-refractivity contribution in [1.29, 1.82) is 0 Å². The van der Waals surface area contributed by atoms with Gasteiger partial charge in [0.1, 0.15) is 11.5 Å². The Hall–Kier alpha value is -3.12. The number of rotatable bonds is 9. The molecule has 0 spiro atoms. The third-order valence-corrected chi connectivity index (χ3v) is 5.94. The first-order chi connectivity index (χ1) is 16.1. The number of benzene rings is 2. The highest BCUT2D eigenvalue weighted by Gasteiger charge is 2.45. The second-order valence-electron chi connectivity index (χ2n) is 9.85. The van der Waals surface area contributed by atoms with E-state index in [1.54, 1.807) is 23.1 Å². The first-order valence-electron chi connectivity index (χ1n) is 11.9. The minimum atomic E-state index is -0.664. The third-order valence-electron chi connectivity index (χ3n) is 5.94. The summed E-state index contributed by atoms with van der Waals surface area (Å²) in [4.78, 5) is 29.8. The van der Waals surface area contributed by atoms with Crippen molar-refractivity contribution in [2.24, 2.45) is 5.92 Å². The maximum absolute atomic E-state index is 13.2.